The van der Waals surface area contributed by atoms with Crippen molar-refractivity contribution in [1.29, 1.82) is 0 Å². The van der Waals surface area contributed by atoms with Crippen LogP contribution in [-0.4, -0.2) is 33.3 Å². The van der Waals surface area contributed by atoms with Crippen LogP contribution in [0.3, 0.4) is 0 Å². The van der Waals surface area contributed by atoms with Crippen molar-refractivity contribution >= 4 is 11.9 Å². The Kier molecular flexibility index (Phi) is 5.01. The fraction of sp³-hybridized carbons (Fsp3) is 0.389. The van der Waals surface area contributed by atoms with Crippen LogP contribution in [-0.2, 0) is 17.6 Å². The molecule has 1 heterocycles. The largest absolute Gasteiger partial charge is 0.481 e. The summed E-state index contributed by atoms with van der Waals surface area (Å²) in [6.45, 7) is 1.92. The number of nitrogens with zero attached hydrogens (tertiary/aromatic N) is 2. The number of aliphatic carboxylic acids is 1. The highest BCUT2D eigenvalue weighted by Gasteiger charge is 2.28. The molecule has 2 aromatic rings. The predicted molar refractivity (Wildman–Crippen MR) is 89.3 cm³/mol. The van der Waals surface area contributed by atoms with Crippen molar-refractivity contribution < 1.29 is 23.5 Å². The highest BCUT2D eigenvalue weighted by atomic mass is 19.2. The van der Waals surface area contributed by atoms with Gasteiger partial charge in [0.15, 0.2) is 17.3 Å². The Morgan fingerprint density at radius 2 is 2.12 bits per heavy atom. The summed E-state index contributed by atoms with van der Waals surface area (Å²) in [4.78, 5) is 23.2. The first kappa shape index (κ1) is 18.0. The maximum Gasteiger partial charge on any atom is 0.303 e. The molecule has 1 unspecified atom stereocenters. The van der Waals surface area contributed by atoms with E-state index in [0.717, 1.165) is 18.1 Å². The molecule has 1 aliphatic rings. The van der Waals surface area contributed by atoms with Crippen molar-refractivity contribution in [3.05, 3.63) is 46.8 Å². The fourth-order valence-electron chi connectivity index (χ4n) is 3.20. The number of nitrogens with one attached hydrogen (secondary N) is 1. The van der Waals surface area contributed by atoms with Crippen molar-refractivity contribution in [1.82, 2.24) is 15.1 Å². The van der Waals surface area contributed by atoms with E-state index in [1.54, 1.807) is 6.92 Å². The molecule has 0 bridgehead atoms. The Hall–Kier alpha value is -2.77. The van der Waals surface area contributed by atoms with Gasteiger partial charge in [0.1, 0.15) is 5.69 Å². The average Bonchev–Trinajstić information content (AvgIpc) is 3.17. The summed E-state index contributed by atoms with van der Waals surface area (Å²) in [5.41, 5.74) is 1.60. The third-order valence-electron chi connectivity index (χ3n) is 4.44. The lowest BCUT2D eigenvalue weighted by Crippen LogP contribution is -2.30. The SMILES string of the molecule is CC(CNC(=O)c1nn(-c2cccc(F)c2F)c2c1CCC2)CC(=O)O. The van der Waals surface area contributed by atoms with Gasteiger partial charge in [-0.1, -0.05) is 13.0 Å². The van der Waals surface area contributed by atoms with Crippen LogP contribution >= 0.6 is 0 Å². The van der Waals surface area contributed by atoms with Gasteiger partial charge in [-0.3, -0.25) is 9.59 Å². The number of benzene rings is 1. The lowest BCUT2D eigenvalue weighted by molar-refractivity contribution is -0.137. The summed E-state index contributed by atoms with van der Waals surface area (Å²) >= 11 is 0. The minimum absolute atomic E-state index is 0.0264. The molecule has 0 saturated carbocycles. The molecule has 138 valence electrons. The highest BCUT2D eigenvalue weighted by molar-refractivity contribution is 5.94. The number of amides is 1. The Morgan fingerprint density at radius 3 is 2.85 bits per heavy atom. The number of carbonyl (C=O) groups is 2. The van der Waals surface area contributed by atoms with E-state index in [4.69, 9.17) is 5.11 Å². The summed E-state index contributed by atoms with van der Waals surface area (Å²) in [6.07, 6.45) is 2.02. The second-order valence-corrected chi connectivity index (χ2v) is 6.53. The van der Waals surface area contributed by atoms with Crippen LogP contribution in [0.2, 0.25) is 0 Å². The number of halogens is 2. The first-order valence-corrected chi connectivity index (χ1v) is 8.43. The number of aromatic nitrogens is 2. The lowest BCUT2D eigenvalue weighted by atomic mass is 10.1. The Labute approximate surface area is 148 Å². The second kappa shape index (κ2) is 7.23. The van der Waals surface area contributed by atoms with E-state index in [0.29, 0.717) is 18.5 Å². The Morgan fingerprint density at radius 1 is 1.35 bits per heavy atom. The van der Waals surface area contributed by atoms with Crippen LogP contribution in [0.5, 0.6) is 0 Å². The molecule has 0 spiro atoms. The Bertz CT molecular complexity index is 864. The molecule has 1 amide bonds. The summed E-state index contributed by atoms with van der Waals surface area (Å²) < 4.78 is 29.0. The van der Waals surface area contributed by atoms with Gasteiger partial charge in [-0.05, 0) is 37.3 Å². The molecule has 3 rings (SSSR count). The zero-order valence-corrected chi connectivity index (χ0v) is 14.3. The molecule has 0 aliphatic heterocycles. The fourth-order valence-corrected chi connectivity index (χ4v) is 3.20. The van der Waals surface area contributed by atoms with Gasteiger partial charge in [-0.25, -0.2) is 13.5 Å². The quantitative estimate of drug-likeness (QED) is 0.826. The molecular weight excluding hydrogens is 344 g/mol. The number of carboxylic acid groups (broad SMARTS) is 1. The van der Waals surface area contributed by atoms with Crippen molar-refractivity contribution in [2.24, 2.45) is 5.92 Å². The van der Waals surface area contributed by atoms with E-state index in [-0.39, 0.29) is 30.3 Å². The number of rotatable bonds is 6. The predicted octanol–water partition coefficient (Wildman–Crippen LogP) is 2.48. The molecule has 26 heavy (non-hydrogen) atoms. The standard InChI is InChI=1S/C18H19F2N3O3/c1-10(8-15(24)25)9-21-18(26)17-11-4-2-6-13(11)23(22-17)14-7-3-5-12(19)16(14)20/h3,5,7,10H,2,4,6,8-9H2,1H3,(H,21,26)(H,24,25). The molecule has 0 fully saturated rings. The summed E-state index contributed by atoms with van der Waals surface area (Å²) in [7, 11) is 0. The smallest absolute Gasteiger partial charge is 0.303 e. The molecule has 1 atom stereocenters. The minimum atomic E-state index is -1.01. The lowest BCUT2D eigenvalue weighted by Gasteiger charge is -2.10. The number of carboxylic acids is 1. The third-order valence-corrected chi connectivity index (χ3v) is 4.44. The number of fused-ring (bicyclic) bond motifs is 1. The number of hydrogen-bond donors (Lipinski definition) is 2. The molecule has 1 aromatic carbocycles. The molecule has 6 nitrogen and oxygen atoms in total. The minimum Gasteiger partial charge on any atom is -0.481 e. The average molecular weight is 363 g/mol. The van der Waals surface area contributed by atoms with E-state index in [2.05, 4.69) is 10.4 Å². The first-order valence-electron chi connectivity index (χ1n) is 8.43. The second-order valence-electron chi connectivity index (χ2n) is 6.53. The maximum absolute atomic E-state index is 14.1. The highest BCUT2D eigenvalue weighted by Crippen LogP contribution is 2.29. The van der Waals surface area contributed by atoms with E-state index in [1.807, 2.05) is 0 Å². The van der Waals surface area contributed by atoms with Crippen LogP contribution in [0.4, 0.5) is 8.78 Å². The molecular formula is C18H19F2N3O3. The van der Waals surface area contributed by atoms with Gasteiger partial charge in [0.05, 0.1) is 0 Å². The molecule has 1 aromatic heterocycles. The van der Waals surface area contributed by atoms with Gasteiger partial charge in [0.2, 0.25) is 0 Å². The zero-order chi connectivity index (χ0) is 18.8. The van der Waals surface area contributed by atoms with Crippen molar-refractivity contribution in [3.63, 3.8) is 0 Å². The molecule has 2 N–H and O–H groups in total. The summed E-state index contributed by atoms with van der Waals surface area (Å²) in [6, 6.07) is 3.84. The van der Waals surface area contributed by atoms with E-state index in [9.17, 15) is 18.4 Å². The van der Waals surface area contributed by atoms with Crippen molar-refractivity contribution in [3.8, 4) is 5.69 Å². The van der Waals surface area contributed by atoms with Gasteiger partial charge >= 0.3 is 5.97 Å². The van der Waals surface area contributed by atoms with Crippen LogP contribution in [0.15, 0.2) is 18.2 Å². The van der Waals surface area contributed by atoms with Crippen LogP contribution < -0.4 is 5.32 Å². The van der Waals surface area contributed by atoms with Gasteiger partial charge in [0, 0.05) is 24.2 Å². The molecule has 1 aliphatic carbocycles. The molecule has 0 saturated heterocycles. The maximum atomic E-state index is 14.1. The number of carbonyl (C=O) groups excluding carboxylic acids is 1. The number of hydrogen-bond acceptors (Lipinski definition) is 3. The van der Waals surface area contributed by atoms with Crippen molar-refractivity contribution in [2.75, 3.05) is 6.54 Å². The van der Waals surface area contributed by atoms with E-state index in [1.165, 1.54) is 16.8 Å². The van der Waals surface area contributed by atoms with E-state index < -0.39 is 23.5 Å². The monoisotopic (exact) mass is 363 g/mol. The van der Waals surface area contributed by atoms with Gasteiger partial charge < -0.3 is 10.4 Å². The summed E-state index contributed by atoms with van der Waals surface area (Å²) in [5.74, 6) is -3.58. The normalized spacial score (nSPS) is 14.1. The van der Waals surface area contributed by atoms with Crippen molar-refractivity contribution in [2.45, 2.75) is 32.6 Å². The molecule has 0 radical (unpaired) electrons. The van der Waals surface area contributed by atoms with Gasteiger partial charge in [0.25, 0.3) is 5.91 Å². The Balaban J connectivity index is 1.87. The van der Waals surface area contributed by atoms with E-state index >= 15 is 0 Å². The van der Waals surface area contributed by atoms with Gasteiger partial charge in [-0.2, -0.15) is 5.10 Å². The zero-order valence-electron chi connectivity index (χ0n) is 14.3. The summed E-state index contributed by atoms with van der Waals surface area (Å²) in [5, 5.41) is 15.7. The topological polar surface area (TPSA) is 84.2 Å². The third kappa shape index (κ3) is 3.44. The first-order chi connectivity index (χ1) is 12.4. The van der Waals surface area contributed by atoms with Crippen LogP contribution in [0.1, 0.15) is 41.5 Å². The van der Waals surface area contributed by atoms with Crippen LogP contribution in [0, 0.1) is 17.6 Å². The van der Waals surface area contributed by atoms with Gasteiger partial charge in [-0.15, -0.1) is 0 Å². The molecule has 8 heteroatoms. The van der Waals surface area contributed by atoms with Crippen LogP contribution in [0.25, 0.3) is 5.69 Å².